The Morgan fingerprint density at radius 3 is 2.58 bits per heavy atom. The van der Waals surface area contributed by atoms with Crippen LogP contribution in [0, 0.1) is 5.82 Å². The molecular weight excluding hydrogens is 429 g/mol. The minimum absolute atomic E-state index is 0.0594. The maximum absolute atomic E-state index is 13.4. The zero-order chi connectivity index (χ0) is 23.5. The first kappa shape index (κ1) is 22.8. The summed E-state index contributed by atoms with van der Waals surface area (Å²) >= 11 is 0. The number of benzene rings is 2. The number of likely N-dealkylation sites (tertiary alicyclic amines) is 1. The van der Waals surface area contributed by atoms with Crippen LogP contribution < -0.4 is 9.47 Å². The number of halogens is 1. The van der Waals surface area contributed by atoms with Crippen LogP contribution in [0.15, 0.2) is 48.0 Å². The number of ether oxygens (including phenoxy) is 3. The van der Waals surface area contributed by atoms with Crippen LogP contribution in [-0.4, -0.2) is 54.7 Å². The minimum Gasteiger partial charge on any atom is -0.507 e. The lowest BCUT2D eigenvalue weighted by Crippen LogP contribution is -2.36. The van der Waals surface area contributed by atoms with E-state index in [4.69, 9.17) is 14.2 Å². The Morgan fingerprint density at radius 2 is 1.94 bits per heavy atom. The first-order chi connectivity index (χ1) is 15.9. The van der Waals surface area contributed by atoms with Crippen molar-refractivity contribution in [1.82, 2.24) is 4.90 Å². The second kappa shape index (κ2) is 9.62. The van der Waals surface area contributed by atoms with Gasteiger partial charge in [0.1, 0.15) is 11.6 Å². The number of aliphatic hydroxyl groups excluding tert-OH is 1. The summed E-state index contributed by atoms with van der Waals surface area (Å²) in [4.78, 5) is 27.6. The molecular formula is C25H26FNO6. The molecule has 8 heteroatoms. The Balaban J connectivity index is 1.83. The molecule has 2 aliphatic heterocycles. The van der Waals surface area contributed by atoms with Crippen LogP contribution in [0.25, 0.3) is 5.76 Å². The van der Waals surface area contributed by atoms with Crippen molar-refractivity contribution in [3.63, 3.8) is 0 Å². The van der Waals surface area contributed by atoms with Crippen molar-refractivity contribution in [2.24, 2.45) is 0 Å². The maximum atomic E-state index is 13.4. The van der Waals surface area contributed by atoms with Gasteiger partial charge < -0.3 is 24.2 Å². The van der Waals surface area contributed by atoms with Crippen molar-refractivity contribution in [3.8, 4) is 11.5 Å². The van der Waals surface area contributed by atoms with Crippen molar-refractivity contribution >= 4 is 17.4 Å². The van der Waals surface area contributed by atoms with Gasteiger partial charge in [-0.3, -0.25) is 9.59 Å². The summed E-state index contributed by atoms with van der Waals surface area (Å²) in [5.41, 5.74) is 0.765. The number of carbonyl (C=O) groups excluding carboxylic acids is 2. The van der Waals surface area contributed by atoms with Crippen LogP contribution in [0.1, 0.15) is 36.9 Å². The molecule has 33 heavy (non-hydrogen) atoms. The molecule has 2 aromatic rings. The van der Waals surface area contributed by atoms with E-state index in [2.05, 4.69) is 0 Å². The number of Topliss-reactive ketones (excluding diaryl/α,β-unsaturated/α-hetero) is 1. The van der Waals surface area contributed by atoms with Crippen LogP contribution in [0.2, 0.25) is 0 Å². The van der Waals surface area contributed by atoms with E-state index >= 15 is 0 Å². The third-order valence-corrected chi connectivity index (χ3v) is 5.89. The summed E-state index contributed by atoms with van der Waals surface area (Å²) in [5.74, 6) is -1.38. The summed E-state index contributed by atoms with van der Waals surface area (Å²) in [6.45, 7) is 3.11. The Morgan fingerprint density at radius 1 is 1.18 bits per heavy atom. The molecule has 2 atom stereocenters. The van der Waals surface area contributed by atoms with E-state index in [-0.39, 0.29) is 29.5 Å². The van der Waals surface area contributed by atoms with Gasteiger partial charge >= 0.3 is 0 Å². The Hall–Kier alpha value is -3.39. The predicted molar refractivity (Wildman–Crippen MR) is 119 cm³/mol. The highest BCUT2D eigenvalue weighted by atomic mass is 19.1. The summed E-state index contributed by atoms with van der Waals surface area (Å²) in [6, 6.07) is 9.40. The van der Waals surface area contributed by atoms with E-state index in [1.807, 2.05) is 6.92 Å². The highest BCUT2D eigenvalue weighted by Crippen LogP contribution is 2.42. The number of aliphatic hydroxyl groups is 1. The van der Waals surface area contributed by atoms with Gasteiger partial charge in [0.2, 0.25) is 0 Å². The quantitative estimate of drug-likeness (QED) is 0.388. The second-order valence-electron chi connectivity index (χ2n) is 7.94. The number of hydrogen-bond donors (Lipinski definition) is 1. The van der Waals surface area contributed by atoms with Crippen molar-refractivity contribution in [1.29, 1.82) is 0 Å². The Kier molecular flexibility index (Phi) is 6.65. The first-order valence-corrected chi connectivity index (χ1v) is 10.9. The van der Waals surface area contributed by atoms with Crippen LogP contribution in [0.5, 0.6) is 11.5 Å². The fraction of sp³-hybridized carbons (Fsp3) is 0.360. The first-order valence-electron chi connectivity index (χ1n) is 10.9. The minimum atomic E-state index is -0.858. The van der Waals surface area contributed by atoms with Crippen molar-refractivity contribution in [2.45, 2.75) is 31.9 Å². The van der Waals surface area contributed by atoms with E-state index in [1.165, 1.54) is 36.3 Å². The number of hydrogen-bond acceptors (Lipinski definition) is 6. The van der Waals surface area contributed by atoms with Gasteiger partial charge in [-0.2, -0.15) is 0 Å². The highest BCUT2D eigenvalue weighted by Gasteiger charge is 2.47. The van der Waals surface area contributed by atoms with Gasteiger partial charge in [-0.1, -0.05) is 6.07 Å². The molecule has 0 aromatic heterocycles. The number of amides is 1. The molecule has 2 aliphatic rings. The van der Waals surface area contributed by atoms with Crippen molar-refractivity contribution < 1.29 is 33.3 Å². The number of methoxy groups -OCH3 is 1. The second-order valence-corrected chi connectivity index (χ2v) is 7.94. The van der Waals surface area contributed by atoms with Crippen molar-refractivity contribution in [3.05, 3.63) is 65.0 Å². The maximum Gasteiger partial charge on any atom is 0.295 e. The molecule has 2 fully saturated rings. The van der Waals surface area contributed by atoms with Gasteiger partial charge in [-0.25, -0.2) is 4.39 Å². The fourth-order valence-electron chi connectivity index (χ4n) is 4.31. The number of nitrogens with zero attached hydrogens (tertiary/aromatic N) is 1. The smallest absolute Gasteiger partial charge is 0.295 e. The monoisotopic (exact) mass is 455 g/mol. The van der Waals surface area contributed by atoms with Gasteiger partial charge in [0.15, 0.2) is 11.5 Å². The standard InChI is InChI=1S/C25H26FNO6/c1-3-32-19-11-8-16(13-20(19)31-2)22-21(23(28)15-6-9-17(26)10-7-15)24(29)25(30)27(22)14-18-5-4-12-33-18/h6-11,13,18,22,28H,3-5,12,14H2,1-2H3/b23-21-. The average Bonchev–Trinajstić information content (AvgIpc) is 3.42. The zero-order valence-corrected chi connectivity index (χ0v) is 18.5. The van der Waals surface area contributed by atoms with Crippen molar-refractivity contribution in [2.75, 3.05) is 26.9 Å². The SMILES string of the molecule is CCOc1ccc(C2/C(=C(/O)c3ccc(F)cc3)C(=O)C(=O)N2CC2CCCO2)cc1OC. The van der Waals surface area contributed by atoms with Crippen LogP contribution >= 0.6 is 0 Å². The summed E-state index contributed by atoms with van der Waals surface area (Å²) < 4.78 is 30.2. The fourth-order valence-corrected chi connectivity index (χ4v) is 4.31. The van der Waals surface area contributed by atoms with Crippen LogP contribution in [-0.2, 0) is 14.3 Å². The number of carbonyl (C=O) groups is 2. The van der Waals surface area contributed by atoms with Crippen LogP contribution in [0.4, 0.5) is 4.39 Å². The van der Waals surface area contributed by atoms with Gasteiger partial charge in [-0.15, -0.1) is 0 Å². The van der Waals surface area contributed by atoms with Gasteiger partial charge in [0.25, 0.3) is 11.7 Å². The Labute approximate surface area is 191 Å². The van der Waals surface area contributed by atoms with Gasteiger partial charge in [0, 0.05) is 18.7 Å². The number of ketones is 1. The molecule has 2 saturated heterocycles. The van der Waals surface area contributed by atoms with E-state index in [0.717, 1.165) is 12.8 Å². The molecule has 1 amide bonds. The van der Waals surface area contributed by atoms with E-state index in [9.17, 15) is 19.1 Å². The van der Waals surface area contributed by atoms with E-state index in [1.54, 1.807) is 18.2 Å². The molecule has 7 nitrogen and oxygen atoms in total. The number of rotatable bonds is 7. The molecule has 4 rings (SSSR count). The summed E-state index contributed by atoms with van der Waals surface area (Å²) in [5, 5.41) is 11.0. The third-order valence-electron chi connectivity index (χ3n) is 5.89. The average molecular weight is 455 g/mol. The zero-order valence-electron chi connectivity index (χ0n) is 18.5. The predicted octanol–water partition coefficient (Wildman–Crippen LogP) is 3.83. The van der Waals surface area contributed by atoms with Gasteiger partial charge in [0.05, 0.1) is 31.4 Å². The lowest BCUT2D eigenvalue weighted by Gasteiger charge is -2.28. The largest absolute Gasteiger partial charge is 0.507 e. The Bertz CT molecular complexity index is 1070. The molecule has 2 aromatic carbocycles. The molecule has 0 radical (unpaired) electrons. The molecule has 2 heterocycles. The molecule has 174 valence electrons. The summed E-state index contributed by atoms with van der Waals surface area (Å²) in [6.07, 6.45) is 1.47. The van der Waals surface area contributed by atoms with E-state index in [0.29, 0.717) is 30.3 Å². The molecule has 0 spiro atoms. The highest BCUT2D eigenvalue weighted by molar-refractivity contribution is 6.46. The molecule has 0 aliphatic carbocycles. The molecule has 1 N–H and O–H groups in total. The normalized spacial score (nSPS) is 22.1. The molecule has 0 bridgehead atoms. The lowest BCUT2D eigenvalue weighted by molar-refractivity contribution is -0.140. The topological polar surface area (TPSA) is 85.3 Å². The third kappa shape index (κ3) is 4.43. The summed E-state index contributed by atoms with van der Waals surface area (Å²) in [7, 11) is 1.50. The molecule has 2 unspecified atom stereocenters. The van der Waals surface area contributed by atoms with E-state index < -0.39 is 23.5 Å². The van der Waals surface area contributed by atoms with Gasteiger partial charge in [-0.05, 0) is 61.7 Å². The van der Waals surface area contributed by atoms with Crippen LogP contribution in [0.3, 0.4) is 0 Å². The lowest BCUT2D eigenvalue weighted by atomic mass is 9.94. The molecule has 0 saturated carbocycles.